The number of hydrogen-bond acceptors (Lipinski definition) is 5. The van der Waals surface area contributed by atoms with Crippen molar-refractivity contribution in [3.63, 3.8) is 0 Å². The summed E-state index contributed by atoms with van der Waals surface area (Å²) in [5.41, 5.74) is 0.869. The van der Waals surface area contributed by atoms with Crippen molar-refractivity contribution >= 4 is 18.3 Å². The third-order valence-electron chi connectivity index (χ3n) is 3.99. The zero-order valence-electron chi connectivity index (χ0n) is 16.4. The average Bonchev–Trinajstić information content (AvgIpc) is 2.65. The van der Waals surface area contributed by atoms with Gasteiger partial charge >= 0.3 is 6.09 Å². The van der Waals surface area contributed by atoms with E-state index in [4.69, 9.17) is 9.94 Å². The Morgan fingerprint density at radius 2 is 1.96 bits per heavy atom. The van der Waals surface area contributed by atoms with E-state index >= 15 is 0 Å². The van der Waals surface area contributed by atoms with Crippen LogP contribution in [0.2, 0.25) is 0 Å². The van der Waals surface area contributed by atoms with Crippen molar-refractivity contribution in [3.8, 4) is 0 Å². The number of amides is 2. The van der Waals surface area contributed by atoms with Crippen LogP contribution in [0.4, 0.5) is 4.79 Å². The van der Waals surface area contributed by atoms with Crippen LogP contribution in [0, 0.1) is 5.92 Å². The molecular weight excluding hydrogens is 346 g/mol. The normalized spacial score (nSPS) is 12.1. The summed E-state index contributed by atoms with van der Waals surface area (Å²) in [6.45, 7) is 6.58. The number of ether oxygens (including phenoxy) is 1. The van der Waals surface area contributed by atoms with Gasteiger partial charge in [-0.25, -0.2) is 4.79 Å². The van der Waals surface area contributed by atoms with Gasteiger partial charge in [0, 0.05) is 6.54 Å². The summed E-state index contributed by atoms with van der Waals surface area (Å²) >= 11 is 0. The highest BCUT2D eigenvalue weighted by molar-refractivity contribution is 5.93. The number of rotatable bonds is 11. The molecule has 1 aromatic carbocycles. The van der Waals surface area contributed by atoms with Gasteiger partial charge in [0.1, 0.15) is 19.0 Å². The zero-order chi connectivity index (χ0) is 20.1. The summed E-state index contributed by atoms with van der Waals surface area (Å²) < 4.78 is 5.22. The second kappa shape index (κ2) is 12.7. The lowest BCUT2D eigenvalue weighted by molar-refractivity contribution is -0.129. The minimum Gasteiger partial charge on any atom is -0.445 e. The molecule has 0 saturated carbocycles. The van der Waals surface area contributed by atoms with E-state index in [1.807, 2.05) is 44.2 Å². The Labute approximate surface area is 161 Å². The Hall–Kier alpha value is -2.57. The van der Waals surface area contributed by atoms with Gasteiger partial charge in [-0.05, 0) is 24.3 Å². The molecule has 2 amide bonds. The molecule has 7 nitrogen and oxygen atoms in total. The molecule has 1 aromatic rings. The smallest absolute Gasteiger partial charge is 0.408 e. The fourth-order valence-electron chi connectivity index (χ4n) is 2.62. The number of nitrogens with zero attached hydrogens (tertiary/aromatic N) is 2. The van der Waals surface area contributed by atoms with Crippen molar-refractivity contribution in [1.82, 2.24) is 10.2 Å². The van der Waals surface area contributed by atoms with Crippen molar-refractivity contribution < 1.29 is 19.5 Å². The molecule has 0 bridgehead atoms. The number of unbranched alkanes of at least 4 members (excludes halogenated alkanes) is 2. The second-order valence-corrected chi connectivity index (χ2v) is 6.86. The quantitative estimate of drug-likeness (QED) is 0.202. The van der Waals surface area contributed by atoms with Crippen LogP contribution < -0.4 is 5.32 Å². The number of alkyl carbamates (subject to hydrolysis) is 1. The van der Waals surface area contributed by atoms with Gasteiger partial charge in [-0.3, -0.25) is 9.69 Å². The van der Waals surface area contributed by atoms with E-state index in [0.717, 1.165) is 31.2 Å². The summed E-state index contributed by atoms with van der Waals surface area (Å²) in [5.74, 6) is -0.119. The van der Waals surface area contributed by atoms with Crippen LogP contribution in [0.15, 0.2) is 35.5 Å². The summed E-state index contributed by atoms with van der Waals surface area (Å²) in [6, 6.07) is 8.59. The lowest BCUT2D eigenvalue weighted by atomic mass is 10.0. The molecule has 0 heterocycles. The maximum Gasteiger partial charge on any atom is 0.408 e. The summed E-state index contributed by atoms with van der Waals surface area (Å²) in [5, 5.41) is 14.5. The first kappa shape index (κ1) is 22.5. The van der Waals surface area contributed by atoms with Crippen LogP contribution in [-0.2, 0) is 16.1 Å². The highest BCUT2D eigenvalue weighted by atomic mass is 16.5. The molecule has 0 aliphatic carbocycles. The second-order valence-electron chi connectivity index (χ2n) is 6.86. The molecule has 27 heavy (non-hydrogen) atoms. The van der Waals surface area contributed by atoms with E-state index in [2.05, 4.69) is 17.4 Å². The Morgan fingerprint density at radius 1 is 1.26 bits per heavy atom. The summed E-state index contributed by atoms with van der Waals surface area (Å²) in [4.78, 5) is 26.3. The van der Waals surface area contributed by atoms with E-state index in [9.17, 15) is 9.59 Å². The largest absolute Gasteiger partial charge is 0.445 e. The van der Waals surface area contributed by atoms with Gasteiger partial charge in [0.25, 0.3) is 0 Å². The van der Waals surface area contributed by atoms with Crippen molar-refractivity contribution in [2.45, 2.75) is 59.1 Å². The van der Waals surface area contributed by atoms with Gasteiger partial charge < -0.3 is 15.3 Å². The fraction of sp³-hybridized carbons (Fsp3) is 0.550. The van der Waals surface area contributed by atoms with Gasteiger partial charge in [-0.15, -0.1) is 0 Å². The predicted octanol–water partition coefficient (Wildman–Crippen LogP) is 3.76. The molecular formula is C20H31N3O4. The molecule has 0 aliphatic rings. The van der Waals surface area contributed by atoms with Crippen molar-refractivity contribution in [2.75, 3.05) is 6.54 Å². The lowest BCUT2D eigenvalue weighted by Gasteiger charge is -2.25. The number of carbonyl (C=O) groups excluding carboxylic acids is 2. The number of benzene rings is 1. The standard InChI is InChI=1S/C20H31N3O4/c1-4-5-9-12-23(15-21-26)19(24)18(13-16(2)3)22-20(25)27-14-17-10-7-6-8-11-17/h6-8,10-11,15-16,18,26H,4-5,9,12-14H2,1-3H3,(H,22,25)/t18-/m0/s1. The van der Waals surface area contributed by atoms with Crippen LogP contribution >= 0.6 is 0 Å². The molecule has 0 unspecified atom stereocenters. The Kier molecular flexibility index (Phi) is 10.6. The third kappa shape index (κ3) is 9.08. The molecule has 2 N–H and O–H groups in total. The number of carbonyl (C=O) groups is 2. The maximum absolute atomic E-state index is 12.8. The van der Waals surface area contributed by atoms with Gasteiger partial charge in [-0.1, -0.05) is 69.1 Å². The van der Waals surface area contributed by atoms with E-state index in [1.165, 1.54) is 4.90 Å². The molecule has 1 rings (SSSR count). The topological polar surface area (TPSA) is 91.2 Å². The Balaban J connectivity index is 2.70. The minimum atomic E-state index is -0.743. The first-order valence-electron chi connectivity index (χ1n) is 9.43. The van der Waals surface area contributed by atoms with E-state index in [0.29, 0.717) is 13.0 Å². The highest BCUT2D eigenvalue weighted by Crippen LogP contribution is 2.10. The van der Waals surface area contributed by atoms with Crippen molar-refractivity contribution in [2.24, 2.45) is 11.1 Å². The first-order chi connectivity index (χ1) is 13.0. The van der Waals surface area contributed by atoms with Gasteiger partial charge in [0.05, 0.1) is 0 Å². The van der Waals surface area contributed by atoms with Gasteiger partial charge in [-0.2, -0.15) is 0 Å². The number of hydrogen-bond donors (Lipinski definition) is 2. The third-order valence-corrected chi connectivity index (χ3v) is 3.99. The molecule has 0 saturated heterocycles. The fourth-order valence-corrected chi connectivity index (χ4v) is 2.62. The minimum absolute atomic E-state index is 0.133. The van der Waals surface area contributed by atoms with E-state index in [-0.39, 0.29) is 18.4 Å². The van der Waals surface area contributed by atoms with Crippen LogP contribution in [0.25, 0.3) is 0 Å². The molecule has 1 atom stereocenters. The van der Waals surface area contributed by atoms with Crippen LogP contribution in [-0.4, -0.2) is 41.0 Å². The highest BCUT2D eigenvalue weighted by Gasteiger charge is 2.26. The molecule has 0 radical (unpaired) electrons. The molecule has 150 valence electrons. The van der Waals surface area contributed by atoms with Crippen molar-refractivity contribution in [3.05, 3.63) is 35.9 Å². The van der Waals surface area contributed by atoms with Crippen LogP contribution in [0.5, 0.6) is 0 Å². The molecule has 0 aliphatic heterocycles. The Morgan fingerprint density at radius 3 is 2.56 bits per heavy atom. The zero-order valence-corrected chi connectivity index (χ0v) is 16.4. The van der Waals surface area contributed by atoms with Crippen LogP contribution in [0.3, 0.4) is 0 Å². The number of nitrogens with one attached hydrogen (secondary N) is 1. The van der Waals surface area contributed by atoms with E-state index in [1.54, 1.807) is 0 Å². The lowest BCUT2D eigenvalue weighted by Crippen LogP contribution is -2.49. The van der Waals surface area contributed by atoms with Gasteiger partial charge in [0.2, 0.25) is 5.91 Å². The molecule has 0 spiro atoms. The Bertz CT molecular complexity index is 590. The SMILES string of the molecule is CCCCCN(C=NO)C(=O)[C@H](CC(C)C)NC(=O)OCc1ccccc1. The summed E-state index contributed by atoms with van der Waals surface area (Å²) in [6.07, 6.45) is 3.68. The summed E-state index contributed by atoms with van der Waals surface area (Å²) in [7, 11) is 0. The maximum atomic E-state index is 12.8. The van der Waals surface area contributed by atoms with Crippen LogP contribution in [0.1, 0.15) is 52.0 Å². The first-order valence-corrected chi connectivity index (χ1v) is 9.43. The average molecular weight is 377 g/mol. The molecule has 7 heteroatoms. The predicted molar refractivity (Wildman–Crippen MR) is 105 cm³/mol. The monoisotopic (exact) mass is 377 g/mol. The van der Waals surface area contributed by atoms with Crippen molar-refractivity contribution in [1.29, 1.82) is 0 Å². The van der Waals surface area contributed by atoms with E-state index < -0.39 is 12.1 Å². The molecule has 0 aromatic heterocycles. The molecule has 0 fully saturated rings. The number of oxime groups is 1. The van der Waals surface area contributed by atoms with Gasteiger partial charge in [0.15, 0.2) is 0 Å².